The Hall–Kier alpha value is -2.62. The van der Waals surface area contributed by atoms with Crippen molar-refractivity contribution in [1.82, 2.24) is 4.90 Å². The van der Waals surface area contributed by atoms with Crippen LogP contribution in [0.2, 0.25) is 0 Å². The van der Waals surface area contributed by atoms with E-state index in [4.69, 9.17) is 0 Å². The molecule has 1 heterocycles. The van der Waals surface area contributed by atoms with E-state index in [-0.39, 0.29) is 11.8 Å². The van der Waals surface area contributed by atoms with Crippen LogP contribution in [0.1, 0.15) is 36.2 Å². The number of para-hydroxylation sites is 1. The molecule has 0 fully saturated rings. The van der Waals surface area contributed by atoms with Gasteiger partial charge in [-0.1, -0.05) is 56.3 Å². The molecular formula is C21H24N2O2. The summed E-state index contributed by atoms with van der Waals surface area (Å²) in [5.41, 5.74) is 2.35. The minimum Gasteiger partial charge on any atom is -0.326 e. The molecule has 0 aromatic heterocycles. The maximum Gasteiger partial charge on any atom is 0.256 e. The molecule has 2 aromatic carbocycles. The predicted molar refractivity (Wildman–Crippen MR) is 99.5 cm³/mol. The van der Waals surface area contributed by atoms with E-state index in [2.05, 4.69) is 31.3 Å². The number of amides is 2. The Morgan fingerprint density at radius 2 is 1.68 bits per heavy atom. The van der Waals surface area contributed by atoms with Gasteiger partial charge in [0, 0.05) is 6.54 Å². The first kappa shape index (κ1) is 17.2. The van der Waals surface area contributed by atoms with Crippen molar-refractivity contribution < 1.29 is 9.59 Å². The van der Waals surface area contributed by atoms with Gasteiger partial charge in [-0.2, -0.15) is 0 Å². The molecule has 0 saturated carbocycles. The Balaban J connectivity index is 1.88. The zero-order valence-electron chi connectivity index (χ0n) is 14.7. The number of anilines is 1. The molecule has 1 aliphatic heterocycles. The molecule has 130 valence electrons. The second-order valence-electron chi connectivity index (χ2n) is 6.93. The van der Waals surface area contributed by atoms with Gasteiger partial charge in [0.2, 0.25) is 5.91 Å². The van der Waals surface area contributed by atoms with Gasteiger partial charge >= 0.3 is 0 Å². The third-order valence-electron chi connectivity index (χ3n) is 4.47. The van der Waals surface area contributed by atoms with Crippen LogP contribution >= 0.6 is 0 Å². The molecule has 0 unspecified atom stereocenters. The molecule has 2 aromatic rings. The van der Waals surface area contributed by atoms with Crippen molar-refractivity contribution in [3.8, 4) is 0 Å². The lowest BCUT2D eigenvalue weighted by molar-refractivity contribution is -0.120. The van der Waals surface area contributed by atoms with Crippen LogP contribution in [0.4, 0.5) is 5.69 Å². The minimum atomic E-state index is -0.456. The van der Waals surface area contributed by atoms with E-state index in [1.807, 2.05) is 30.3 Å². The average molecular weight is 336 g/mol. The summed E-state index contributed by atoms with van der Waals surface area (Å²) in [6, 6.07) is 16.9. The van der Waals surface area contributed by atoms with E-state index in [1.54, 1.807) is 17.0 Å². The highest BCUT2D eigenvalue weighted by molar-refractivity contribution is 6.09. The number of carbonyl (C=O) groups excluding carboxylic acids is 2. The lowest BCUT2D eigenvalue weighted by atomic mass is 10.0. The van der Waals surface area contributed by atoms with E-state index in [0.717, 1.165) is 6.42 Å². The highest BCUT2D eigenvalue weighted by atomic mass is 16.2. The molecule has 4 nitrogen and oxygen atoms in total. The quantitative estimate of drug-likeness (QED) is 0.904. The summed E-state index contributed by atoms with van der Waals surface area (Å²) in [5, 5.41) is 2.94. The van der Waals surface area contributed by atoms with Crippen LogP contribution in [0.3, 0.4) is 0 Å². The molecule has 0 bridgehead atoms. The van der Waals surface area contributed by atoms with Crippen LogP contribution in [-0.2, 0) is 11.2 Å². The molecule has 4 heteroatoms. The third-order valence-corrected chi connectivity index (χ3v) is 4.47. The first-order valence-corrected chi connectivity index (χ1v) is 8.81. The van der Waals surface area contributed by atoms with Gasteiger partial charge in [0.15, 0.2) is 0 Å². The van der Waals surface area contributed by atoms with Crippen molar-refractivity contribution in [1.29, 1.82) is 0 Å². The standard InChI is InChI=1S/C21H24N2O2/c1-15(2)14-23-19(13-12-16-8-4-3-5-9-16)20(24)22-18-11-7-6-10-17(18)21(23)25/h3-11,15,19H,12-14H2,1-2H3,(H,22,24)/t19-/m0/s1. The molecule has 1 N–H and O–H groups in total. The molecule has 0 spiro atoms. The molecule has 1 atom stereocenters. The lowest BCUT2D eigenvalue weighted by Crippen LogP contribution is -2.47. The summed E-state index contributed by atoms with van der Waals surface area (Å²) in [7, 11) is 0. The Morgan fingerprint density at radius 1 is 1.00 bits per heavy atom. The smallest absolute Gasteiger partial charge is 0.256 e. The van der Waals surface area contributed by atoms with Gasteiger partial charge in [0.05, 0.1) is 11.3 Å². The summed E-state index contributed by atoms with van der Waals surface area (Å²) in [4.78, 5) is 27.6. The highest BCUT2D eigenvalue weighted by Gasteiger charge is 2.35. The van der Waals surface area contributed by atoms with Crippen LogP contribution < -0.4 is 5.32 Å². The summed E-state index contributed by atoms with van der Waals surface area (Å²) in [6.07, 6.45) is 1.37. The van der Waals surface area contributed by atoms with Crippen molar-refractivity contribution >= 4 is 17.5 Å². The van der Waals surface area contributed by atoms with E-state index in [9.17, 15) is 9.59 Å². The number of fused-ring (bicyclic) bond motifs is 1. The Labute approximate surface area is 148 Å². The molecule has 2 amide bonds. The van der Waals surface area contributed by atoms with Gasteiger partial charge in [0.25, 0.3) is 5.91 Å². The largest absolute Gasteiger partial charge is 0.326 e. The fourth-order valence-corrected chi connectivity index (χ4v) is 3.27. The maximum absolute atomic E-state index is 13.1. The van der Waals surface area contributed by atoms with E-state index in [0.29, 0.717) is 30.1 Å². The SMILES string of the molecule is CC(C)CN1C(=O)c2ccccc2NC(=O)[C@@H]1CCc1ccccc1. The number of rotatable bonds is 5. The van der Waals surface area contributed by atoms with Crippen molar-refractivity contribution in [3.05, 3.63) is 65.7 Å². The zero-order valence-corrected chi connectivity index (χ0v) is 14.7. The number of nitrogens with one attached hydrogen (secondary N) is 1. The van der Waals surface area contributed by atoms with Crippen molar-refractivity contribution in [2.24, 2.45) is 5.92 Å². The molecule has 0 aliphatic carbocycles. The summed E-state index contributed by atoms with van der Waals surface area (Å²) < 4.78 is 0. The van der Waals surface area contributed by atoms with Gasteiger partial charge < -0.3 is 10.2 Å². The van der Waals surface area contributed by atoms with Gasteiger partial charge in [0.1, 0.15) is 6.04 Å². The molecule has 3 rings (SSSR count). The first-order chi connectivity index (χ1) is 12.1. The normalized spacial score (nSPS) is 17.2. The van der Waals surface area contributed by atoms with Gasteiger partial charge in [-0.05, 0) is 36.5 Å². The fourth-order valence-electron chi connectivity index (χ4n) is 3.27. The third kappa shape index (κ3) is 3.90. The first-order valence-electron chi connectivity index (χ1n) is 8.81. The van der Waals surface area contributed by atoms with E-state index < -0.39 is 6.04 Å². The van der Waals surface area contributed by atoms with Gasteiger partial charge in [-0.3, -0.25) is 9.59 Å². The van der Waals surface area contributed by atoms with E-state index in [1.165, 1.54) is 5.56 Å². The monoisotopic (exact) mass is 336 g/mol. The minimum absolute atomic E-state index is 0.0688. The molecule has 1 aliphatic rings. The molecule has 0 radical (unpaired) electrons. The van der Waals surface area contributed by atoms with Gasteiger partial charge in [-0.25, -0.2) is 0 Å². The lowest BCUT2D eigenvalue weighted by Gasteiger charge is -2.30. The topological polar surface area (TPSA) is 49.4 Å². The van der Waals surface area contributed by atoms with Crippen LogP contribution in [0, 0.1) is 5.92 Å². The number of aryl methyl sites for hydroxylation is 1. The molecular weight excluding hydrogens is 312 g/mol. The Morgan fingerprint density at radius 3 is 2.40 bits per heavy atom. The number of hydrogen-bond donors (Lipinski definition) is 1. The Kier molecular flexibility index (Phi) is 5.17. The number of hydrogen-bond acceptors (Lipinski definition) is 2. The van der Waals surface area contributed by atoms with Crippen LogP contribution in [0.15, 0.2) is 54.6 Å². The van der Waals surface area contributed by atoms with Crippen LogP contribution in [0.5, 0.6) is 0 Å². The van der Waals surface area contributed by atoms with Crippen molar-refractivity contribution in [3.63, 3.8) is 0 Å². The summed E-state index contributed by atoms with van der Waals surface area (Å²) in [6.45, 7) is 4.70. The van der Waals surface area contributed by atoms with Crippen LogP contribution in [-0.4, -0.2) is 29.3 Å². The summed E-state index contributed by atoms with van der Waals surface area (Å²) in [5.74, 6) is 0.122. The van der Waals surface area contributed by atoms with Crippen molar-refractivity contribution in [2.45, 2.75) is 32.7 Å². The second kappa shape index (κ2) is 7.51. The fraction of sp³-hybridized carbons (Fsp3) is 0.333. The van der Waals surface area contributed by atoms with Gasteiger partial charge in [-0.15, -0.1) is 0 Å². The number of benzene rings is 2. The Bertz CT molecular complexity index is 756. The van der Waals surface area contributed by atoms with Crippen LogP contribution in [0.25, 0.3) is 0 Å². The zero-order chi connectivity index (χ0) is 17.8. The molecule has 25 heavy (non-hydrogen) atoms. The molecule has 0 saturated heterocycles. The van der Waals surface area contributed by atoms with E-state index >= 15 is 0 Å². The number of nitrogens with zero attached hydrogens (tertiary/aromatic N) is 1. The maximum atomic E-state index is 13.1. The average Bonchev–Trinajstić information content (AvgIpc) is 2.70. The number of carbonyl (C=O) groups is 2. The highest BCUT2D eigenvalue weighted by Crippen LogP contribution is 2.25. The predicted octanol–water partition coefficient (Wildman–Crippen LogP) is 3.74. The second-order valence-corrected chi connectivity index (χ2v) is 6.93. The van der Waals surface area contributed by atoms with Crippen molar-refractivity contribution in [2.75, 3.05) is 11.9 Å². The summed E-state index contributed by atoms with van der Waals surface area (Å²) >= 11 is 0.